The van der Waals surface area contributed by atoms with Gasteiger partial charge in [-0.2, -0.15) is 0 Å². The minimum atomic E-state index is -0.177. The zero-order valence-electron chi connectivity index (χ0n) is 14.8. The first kappa shape index (κ1) is 21.0. The van der Waals surface area contributed by atoms with Crippen LogP contribution in [0.2, 0.25) is 0 Å². The molecule has 2 aliphatic heterocycles. The first-order chi connectivity index (χ1) is 11.1. The standard InChI is InChI=1S/C16H28N4O3.HI/c1-4-17-16(18-9-14(21)19-7-5-6-8-19)20-10-12(2)13(11-20)15(22)23-3;/h12-13H,4-11H2,1-3H3,(H,17,18);1H. The zero-order valence-corrected chi connectivity index (χ0v) is 17.1. The molecule has 2 aliphatic rings. The summed E-state index contributed by atoms with van der Waals surface area (Å²) in [6.07, 6.45) is 2.17. The van der Waals surface area contributed by atoms with Crippen LogP contribution in [-0.4, -0.2) is 74.0 Å². The topological polar surface area (TPSA) is 74.2 Å². The molecular weight excluding hydrogens is 423 g/mol. The van der Waals surface area contributed by atoms with E-state index in [1.54, 1.807) is 0 Å². The quantitative estimate of drug-likeness (QED) is 0.298. The number of esters is 1. The normalized spacial score (nSPS) is 23.9. The Bertz CT molecular complexity index is 466. The maximum Gasteiger partial charge on any atom is 0.310 e. The van der Waals surface area contributed by atoms with Crippen molar-refractivity contribution in [1.82, 2.24) is 15.1 Å². The number of ether oxygens (including phenoxy) is 1. The van der Waals surface area contributed by atoms with Crippen LogP contribution in [0, 0.1) is 11.8 Å². The minimum Gasteiger partial charge on any atom is -0.469 e. The van der Waals surface area contributed by atoms with Gasteiger partial charge in [-0.15, -0.1) is 24.0 Å². The molecule has 24 heavy (non-hydrogen) atoms. The Balaban J connectivity index is 0.00000288. The van der Waals surface area contributed by atoms with Gasteiger partial charge in [-0.25, -0.2) is 4.99 Å². The van der Waals surface area contributed by atoms with Crippen molar-refractivity contribution in [3.63, 3.8) is 0 Å². The third-order valence-corrected chi connectivity index (χ3v) is 4.57. The summed E-state index contributed by atoms with van der Waals surface area (Å²) in [5, 5.41) is 3.22. The Morgan fingerprint density at radius 3 is 2.46 bits per heavy atom. The fourth-order valence-corrected chi connectivity index (χ4v) is 3.23. The molecule has 138 valence electrons. The van der Waals surface area contributed by atoms with Crippen molar-refractivity contribution in [1.29, 1.82) is 0 Å². The molecule has 0 aromatic rings. The minimum absolute atomic E-state index is 0. The summed E-state index contributed by atoms with van der Waals surface area (Å²) in [5.74, 6) is 0.677. The molecule has 2 heterocycles. The van der Waals surface area contributed by atoms with Gasteiger partial charge >= 0.3 is 5.97 Å². The van der Waals surface area contributed by atoms with Crippen molar-refractivity contribution in [3.8, 4) is 0 Å². The summed E-state index contributed by atoms with van der Waals surface area (Å²) in [7, 11) is 1.42. The van der Waals surface area contributed by atoms with Crippen LogP contribution in [-0.2, 0) is 14.3 Å². The molecule has 8 heteroatoms. The van der Waals surface area contributed by atoms with E-state index in [0.29, 0.717) is 12.5 Å². The monoisotopic (exact) mass is 452 g/mol. The molecule has 2 fully saturated rings. The molecular formula is C16H29IN4O3. The number of halogens is 1. The Kier molecular flexibility index (Phi) is 8.79. The number of hydrogen-bond donors (Lipinski definition) is 1. The molecule has 2 unspecified atom stereocenters. The Morgan fingerprint density at radius 2 is 1.88 bits per heavy atom. The summed E-state index contributed by atoms with van der Waals surface area (Å²) in [4.78, 5) is 32.4. The second-order valence-corrected chi connectivity index (χ2v) is 6.27. The second-order valence-electron chi connectivity index (χ2n) is 6.27. The SMILES string of the molecule is CCNC(=NCC(=O)N1CCCC1)N1CC(C)C(C(=O)OC)C1.I. The van der Waals surface area contributed by atoms with Crippen molar-refractivity contribution in [2.24, 2.45) is 16.8 Å². The maximum atomic E-state index is 12.2. The van der Waals surface area contributed by atoms with E-state index in [9.17, 15) is 9.59 Å². The molecule has 0 bridgehead atoms. The van der Waals surface area contributed by atoms with E-state index >= 15 is 0 Å². The molecule has 2 rings (SSSR count). The number of nitrogens with zero attached hydrogens (tertiary/aromatic N) is 3. The average molecular weight is 452 g/mol. The Hall–Kier alpha value is -1.06. The number of carbonyl (C=O) groups excluding carboxylic acids is 2. The summed E-state index contributed by atoms with van der Waals surface area (Å²) < 4.78 is 4.87. The lowest BCUT2D eigenvalue weighted by atomic mass is 9.99. The largest absolute Gasteiger partial charge is 0.469 e. The smallest absolute Gasteiger partial charge is 0.310 e. The summed E-state index contributed by atoms with van der Waals surface area (Å²) in [5.41, 5.74) is 0. The second kappa shape index (κ2) is 10.0. The van der Waals surface area contributed by atoms with E-state index in [2.05, 4.69) is 10.3 Å². The zero-order chi connectivity index (χ0) is 16.8. The molecule has 1 N–H and O–H groups in total. The molecule has 1 amide bonds. The number of hydrogen-bond acceptors (Lipinski definition) is 4. The van der Waals surface area contributed by atoms with E-state index < -0.39 is 0 Å². The molecule has 0 aromatic carbocycles. The number of aliphatic imine (C=N–C) groups is 1. The lowest BCUT2D eigenvalue weighted by Crippen LogP contribution is -2.41. The number of likely N-dealkylation sites (tertiary alicyclic amines) is 2. The van der Waals surface area contributed by atoms with E-state index in [4.69, 9.17) is 4.74 Å². The number of nitrogens with one attached hydrogen (secondary N) is 1. The average Bonchev–Trinajstić information content (AvgIpc) is 3.20. The molecule has 2 saturated heterocycles. The van der Waals surface area contributed by atoms with Gasteiger partial charge in [0.05, 0.1) is 13.0 Å². The Labute approximate surface area is 161 Å². The predicted octanol–water partition coefficient (Wildman–Crippen LogP) is 0.933. The van der Waals surface area contributed by atoms with E-state index in [0.717, 1.165) is 39.0 Å². The fourth-order valence-electron chi connectivity index (χ4n) is 3.23. The van der Waals surface area contributed by atoms with Crippen molar-refractivity contribution >= 4 is 41.8 Å². The number of methoxy groups -OCH3 is 1. The van der Waals surface area contributed by atoms with Crippen molar-refractivity contribution < 1.29 is 14.3 Å². The van der Waals surface area contributed by atoms with Crippen LogP contribution < -0.4 is 5.32 Å². The number of rotatable bonds is 4. The van der Waals surface area contributed by atoms with Gasteiger partial charge in [0.2, 0.25) is 5.91 Å². The van der Waals surface area contributed by atoms with Crippen LogP contribution in [0.25, 0.3) is 0 Å². The van der Waals surface area contributed by atoms with E-state index in [1.165, 1.54) is 7.11 Å². The highest BCUT2D eigenvalue weighted by molar-refractivity contribution is 14.0. The van der Waals surface area contributed by atoms with E-state index in [1.807, 2.05) is 23.6 Å². The van der Waals surface area contributed by atoms with Gasteiger partial charge in [-0.05, 0) is 25.7 Å². The van der Waals surface area contributed by atoms with Gasteiger partial charge in [-0.1, -0.05) is 6.92 Å². The molecule has 7 nitrogen and oxygen atoms in total. The van der Waals surface area contributed by atoms with Crippen LogP contribution in [0.5, 0.6) is 0 Å². The highest BCUT2D eigenvalue weighted by Gasteiger charge is 2.37. The molecule has 0 radical (unpaired) electrons. The summed E-state index contributed by atoms with van der Waals surface area (Å²) >= 11 is 0. The molecule has 0 aromatic heterocycles. The van der Waals surface area contributed by atoms with Gasteiger partial charge in [0, 0.05) is 32.7 Å². The van der Waals surface area contributed by atoms with Gasteiger partial charge < -0.3 is 19.9 Å². The lowest BCUT2D eigenvalue weighted by Gasteiger charge is -2.22. The summed E-state index contributed by atoms with van der Waals surface area (Å²) in [6.45, 7) is 7.93. The fraction of sp³-hybridized carbons (Fsp3) is 0.812. The van der Waals surface area contributed by atoms with Gasteiger partial charge in [-0.3, -0.25) is 9.59 Å². The van der Waals surface area contributed by atoms with Crippen LogP contribution in [0.4, 0.5) is 0 Å². The van der Waals surface area contributed by atoms with Crippen LogP contribution in [0.15, 0.2) is 4.99 Å². The first-order valence-corrected chi connectivity index (χ1v) is 8.45. The number of guanidine groups is 1. The molecule has 2 atom stereocenters. The number of carbonyl (C=O) groups is 2. The van der Waals surface area contributed by atoms with Crippen LogP contribution >= 0.6 is 24.0 Å². The van der Waals surface area contributed by atoms with Crippen molar-refractivity contribution in [2.45, 2.75) is 26.7 Å². The van der Waals surface area contributed by atoms with E-state index in [-0.39, 0.29) is 54.2 Å². The van der Waals surface area contributed by atoms with Gasteiger partial charge in [0.15, 0.2) is 5.96 Å². The first-order valence-electron chi connectivity index (χ1n) is 8.45. The predicted molar refractivity (Wildman–Crippen MR) is 103 cm³/mol. The van der Waals surface area contributed by atoms with Gasteiger partial charge in [0.25, 0.3) is 0 Å². The third-order valence-electron chi connectivity index (χ3n) is 4.57. The van der Waals surface area contributed by atoms with Crippen molar-refractivity contribution in [3.05, 3.63) is 0 Å². The van der Waals surface area contributed by atoms with Crippen molar-refractivity contribution in [2.75, 3.05) is 46.4 Å². The summed E-state index contributed by atoms with van der Waals surface area (Å²) in [6, 6.07) is 0. The van der Waals surface area contributed by atoms with Crippen LogP contribution in [0.3, 0.4) is 0 Å². The lowest BCUT2D eigenvalue weighted by molar-refractivity contribution is -0.146. The highest BCUT2D eigenvalue weighted by atomic mass is 127. The molecule has 0 spiro atoms. The van der Waals surface area contributed by atoms with Crippen LogP contribution in [0.1, 0.15) is 26.7 Å². The molecule has 0 saturated carbocycles. The highest BCUT2D eigenvalue weighted by Crippen LogP contribution is 2.24. The molecule has 0 aliphatic carbocycles. The maximum absolute atomic E-state index is 12.2. The third kappa shape index (κ3) is 5.22. The Morgan fingerprint density at radius 1 is 1.21 bits per heavy atom. The van der Waals surface area contributed by atoms with Gasteiger partial charge in [0.1, 0.15) is 6.54 Å². The number of amides is 1.